The normalized spacial score (nSPS) is 8.50. The Morgan fingerprint density at radius 1 is 1.50 bits per heavy atom. The van der Waals surface area contributed by atoms with E-state index in [2.05, 4.69) is 15.5 Å². The average Bonchev–Trinajstić information content (AvgIpc) is 2.67. The minimum Gasteiger partial charge on any atom is -0.335 e. The molecule has 70 valence electrons. The van der Waals surface area contributed by atoms with Crippen molar-refractivity contribution in [3.63, 3.8) is 0 Å². The molecule has 0 unspecified atom stereocenters. The first-order chi connectivity index (χ1) is 6.80. The predicted octanol–water partition coefficient (Wildman–Crippen LogP) is 1.44. The number of anilines is 1. The summed E-state index contributed by atoms with van der Waals surface area (Å²) < 4.78 is 0. The zero-order valence-electron chi connectivity index (χ0n) is 7.48. The van der Waals surface area contributed by atoms with Gasteiger partial charge in [0, 0.05) is 6.20 Å². The van der Waals surface area contributed by atoms with Gasteiger partial charge in [0.2, 0.25) is 5.13 Å². The van der Waals surface area contributed by atoms with Gasteiger partial charge in [-0.25, -0.2) is 0 Å². The van der Waals surface area contributed by atoms with Crippen molar-refractivity contribution >= 4 is 16.5 Å². The zero-order valence-corrected chi connectivity index (χ0v) is 8.30. The Hall–Kier alpha value is -1.92. The quantitative estimate of drug-likeness (QED) is 0.754. The molecule has 1 aromatic rings. The van der Waals surface area contributed by atoms with Crippen LogP contribution in [0.15, 0.2) is 11.8 Å². The second-order valence-corrected chi connectivity index (χ2v) is 3.34. The molecule has 1 N–H and O–H groups in total. The first-order valence-corrected chi connectivity index (χ1v) is 4.71. The molecule has 0 fully saturated rings. The third-order valence-electron chi connectivity index (χ3n) is 1.35. The molecule has 0 aliphatic rings. The summed E-state index contributed by atoms with van der Waals surface area (Å²) >= 11 is 1.40. The van der Waals surface area contributed by atoms with Gasteiger partial charge >= 0.3 is 0 Å². The molecule has 0 spiro atoms. The van der Waals surface area contributed by atoms with E-state index in [0.29, 0.717) is 5.13 Å². The number of nitrogens with zero attached hydrogens (tertiary/aromatic N) is 4. The maximum absolute atomic E-state index is 8.44. The fourth-order valence-electron chi connectivity index (χ4n) is 0.678. The summed E-state index contributed by atoms with van der Waals surface area (Å²) in [5.41, 5.74) is 0.0123. The highest BCUT2D eigenvalue weighted by molar-refractivity contribution is 7.15. The summed E-state index contributed by atoms with van der Waals surface area (Å²) in [6.45, 7) is 1.98. The third kappa shape index (κ3) is 2.54. The minimum atomic E-state index is 0.0123. The third-order valence-corrected chi connectivity index (χ3v) is 2.35. The van der Waals surface area contributed by atoms with Crippen LogP contribution >= 0.6 is 11.3 Å². The van der Waals surface area contributed by atoms with E-state index in [9.17, 15) is 0 Å². The fraction of sp³-hybridized carbons (Fsp3) is 0.250. The Bertz CT molecular complexity index is 404. The van der Waals surface area contributed by atoms with Crippen LogP contribution in [0.1, 0.15) is 11.9 Å². The molecule has 1 rings (SSSR count). The Morgan fingerprint density at radius 3 is 2.71 bits per heavy atom. The van der Waals surface area contributed by atoms with E-state index in [1.807, 2.05) is 6.92 Å². The second-order valence-electron chi connectivity index (χ2n) is 2.28. The number of nitriles is 2. The summed E-state index contributed by atoms with van der Waals surface area (Å²) in [4.78, 5) is 0. The first kappa shape index (κ1) is 10.2. The van der Waals surface area contributed by atoms with Crippen LogP contribution in [-0.2, 0) is 6.42 Å². The number of rotatable bonds is 3. The van der Waals surface area contributed by atoms with Gasteiger partial charge in [-0.1, -0.05) is 18.3 Å². The molecule has 0 aliphatic carbocycles. The topological polar surface area (TPSA) is 85.4 Å². The molecule has 0 bridgehead atoms. The highest BCUT2D eigenvalue weighted by Gasteiger charge is 2.00. The van der Waals surface area contributed by atoms with E-state index in [1.165, 1.54) is 17.5 Å². The predicted molar refractivity (Wildman–Crippen MR) is 52.2 cm³/mol. The van der Waals surface area contributed by atoms with Crippen molar-refractivity contribution in [3.05, 3.63) is 16.8 Å². The largest absolute Gasteiger partial charge is 0.335 e. The minimum absolute atomic E-state index is 0.0123. The van der Waals surface area contributed by atoms with Crippen molar-refractivity contribution in [1.29, 1.82) is 10.5 Å². The Kier molecular flexibility index (Phi) is 3.59. The zero-order chi connectivity index (χ0) is 10.4. The van der Waals surface area contributed by atoms with Crippen molar-refractivity contribution in [3.8, 4) is 12.1 Å². The van der Waals surface area contributed by atoms with Gasteiger partial charge in [-0.15, -0.1) is 10.2 Å². The Labute approximate surface area is 85.3 Å². The summed E-state index contributed by atoms with van der Waals surface area (Å²) in [5, 5.41) is 28.8. The van der Waals surface area contributed by atoms with E-state index >= 15 is 0 Å². The molecular formula is C8H7N5S. The van der Waals surface area contributed by atoms with Gasteiger partial charge in [-0.3, -0.25) is 0 Å². The smallest absolute Gasteiger partial charge is 0.209 e. The fourth-order valence-corrected chi connectivity index (χ4v) is 1.33. The van der Waals surface area contributed by atoms with Gasteiger partial charge < -0.3 is 5.32 Å². The van der Waals surface area contributed by atoms with Gasteiger partial charge in [-0.2, -0.15) is 10.5 Å². The second kappa shape index (κ2) is 4.95. The van der Waals surface area contributed by atoms with Crippen LogP contribution in [0, 0.1) is 22.7 Å². The SMILES string of the molecule is CCc1nnc(NC=C(C#N)C#N)s1. The van der Waals surface area contributed by atoms with E-state index in [0.717, 1.165) is 11.4 Å². The molecule has 0 aromatic carbocycles. The number of allylic oxidation sites excluding steroid dienone is 1. The molecule has 0 saturated carbocycles. The van der Waals surface area contributed by atoms with E-state index in [4.69, 9.17) is 10.5 Å². The van der Waals surface area contributed by atoms with Crippen LogP contribution < -0.4 is 5.32 Å². The van der Waals surface area contributed by atoms with Crippen molar-refractivity contribution in [2.45, 2.75) is 13.3 Å². The van der Waals surface area contributed by atoms with Crippen LogP contribution in [0.3, 0.4) is 0 Å². The lowest BCUT2D eigenvalue weighted by Crippen LogP contribution is -1.88. The Balaban J connectivity index is 2.67. The van der Waals surface area contributed by atoms with Crippen molar-refractivity contribution < 1.29 is 0 Å². The van der Waals surface area contributed by atoms with Crippen LogP contribution in [0.4, 0.5) is 5.13 Å². The van der Waals surface area contributed by atoms with Crippen molar-refractivity contribution in [2.75, 3.05) is 5.32 Å². The van der Waals surface area contributed by atoms with Gasteiger partial charge in [0.05, 0.1) is 0 Å². The molecule has 0 radical (unpaired) electrons. The number of aryl methyl sites for hydroxylation is 1. The van der Waals surface area contributed by atoms with Gasteiger partial charge in [0.25, 0.3) is 0 Å². The summed E-state index contributed by atoms with van der Waals surface area (Å²) in [7, 11) is 0. The van der Waals surface area contributed by atoms with E-state index < -0.39 is 0 Å². The van der Waals surface area contributed by atoms with Crippen LogP contribution in [0.2, 0.25) is 0 Å². The monoisotopic (exact) mass is 205 g/mol. The van der Waals surface area contributed by atoms with E-state index in [1.54, 1.807) is 12.1 Å². The lowest BCUT2D eigenvalue weighted by Gasteiger charge is -1.89. The molecule has 14 heavy (non-hydrogen) atoms. The van der Waals surface area contributed by atoms with Gasteiger partial charge in [-0.05, 0) is 6.42 Å². The highest BCUT2D eigenvalue weighted by atomic mass is 32.1. The molecule has 1 heterocycles. The lowest BCUT2D eigenvalue weighted by molar-refractivity contribution is 0.985. The molecule has 0 amide bonds. The standard InChI is InChI=1S/C8H7N5S/c1-2-7-12-13-8(14-7)11-5-6(3-9)4-10/h5H,2H2,1H3,(H,11,13). The number of aromatic nitrogens is 2. The summed E-state index contributed by atoms with van der Waals surface area (Å²) in [5.74, 6) is 0. The molecular weight excluding hydrogens is 198 g/mol. The maximum Gasteiger partial charge on any atom is 0.209 e. The lowest BCUT2D eigenvalue weighted by atomic mass is 10.4. The highest BCUT2D eigenvalue weighted by Crippen LogP contribution is 2.15. The molecule has 0 aliphatic heterocycles. The van der Waals surface area contributed by atoms with Gasteiger partial charge in [0.1, 0.15) is 22.7 Å². The first-order valence-electron chi connectivity index (χ1n) is 3.89. The van der Waals surface area contributed by atoms with Crippen LogP contribution in [0.25, 0.3) is 0 Å². The summed E-state index contributed by atoms with van der Waals surface area (Å²) in [6.07, 6.45) is 2.15. The average molecular weight is 205 g/mol. The number of nitrogens with one attached hydrogen (secondary N) is 1. The van der Waals surface area contributed by atoms with Crippen molar-refractivity contribution in [1.82, 2.24) is 10.2 Å². The molecule has 6 heteroatoms. The molecule has 1 aromatic heterocycles. The van der Waals surface area contributed by atoms with Crippen LogP contribution in [-0.4, -0.2) is 10.2 Å². The number of hydrogen-bond acceptors (Lipinski definition) is 6. The number of hydrogen-bond donors (Lipinski definition) is 1. The van der Waals surface area contributed by atoms with E-state index in [-0.39, 0.29) is 5.57 Å². The maximum atomic E-state index is 8.44. The van der Waals surface area contributed by atoms with Gasteiger partial charge in [0.15, 0.2) is 0 Å². The van der Waals surface area contributed by atoms with Crippen LogP contribution in [0.5, 0.6) is 0 Å². The molecule has 0 saturated heterocycles. The summed E-state index contributed by atoms with van der Waals surface area (Å²) in [6, 6.07) is 3.47. The molecule has 5 nitrogen and oxygen atoms in total. The van der Waals surface area contributed by atoms with Crippen molar-refractivity contribution in [2.24, 2.45) is 0 Å². The Morgan fingerprint density at radius 2 is 2.21 bits per heavy atom. The molecule has 0 atom stereocenters.